The molecule has 0 radical (unpaired) electrons. The van der Waals surface area contributed by atoms with Gasteiger partial charge in [0.25, 0.3) is 0 Å². The van der Waals surface area contributed by atoms with Crippen LogP contribution in [0.1, 0.15) is 63.8 Å². The van der Waals surface area contributed by atoms with Crippen molar-refractivity contribution in [1.82, 2.24) is 10.2 Å². The maximum atomic E-state index is 12.3. The summed E-state index contributed by atoms with van der Waals surface area (Å²) < 4.78 is 0. The summed E-state index contributed by atoms with van der Waals surface area (Å²) in [5, 5.41) is 10.9. The van der Waals surface area contributed by atoms with Crippen molar-refractivity contribution >= 4 is 22.4 Å². The number of aromatic nitrogens is 2. The number of hydrogen-bond acceptors (Lipinski definition) is 4. The van der Waals surface area contributed by atoms with E-state index in [0.29, 0.717) is 12.3 Å². The molecule has 5 heteroatoms. The minimum Gasteiger partial charge on any atom is -0.290 e. The number of amides is 1. The molecule has 4 nitrogen and oxygen atoms in total. The lowest BCUT2D eigenvalue weighted by molar-refractivity contribution is -0.119. The highest BCUT2D eigenvalue weighted by molar-refractivity contribution is 7.15. The van der Waals surface area contributed by atoms with E-state index < -0.39 is 0 Å². The zero-order chi connectivity index (χ0) is 16.2. The molecule has 126 valence electrons. The normalized spacial score (nSPS) is 35.0. The standard InChI is InChI=1S/C18H27N3OS/c1-11(2)4-15(22)21(3)17-20-19-16(23-17)18-8-12-5-13(9-18)7-14(6-12)10-18/h11-14H,4-10H2,1-3H3. The van der Waals surface area contributed by atoms with E-state index in [9.17, 15) is 4.79 Å². The molecule has 4 saturated carbocycles. The van der Waals surface area contributed by atoms with Crippen LogP contribution in [0.5, 0.6) is 0 Å². The van der Waals surface area contributed by atoms with Crippen LogP contribution in [0.3, 0.4) is 0 Å². The highest BCUT2D eigenvalue weighted by atomic mass is 32.1. The zero-order valence-electron chi connectivity index (χ0n) is 14.4. The van der Waals surface area contributed by atoms with Crippen molar-refractivity contribution in [3.05, 3.63) is 5.01 Å². The van der Waals surface area contributed by atoms with Crippen LogP contribution in [-0.2, 0) is 10.2 Å². The van der Waals surface area contributed by atoms with Crippen LogP contribution < -0.4 is 4.90 Å². The first-order valence-corrected chi connectivity index (χ1v) is 9.87. The molecule has 4 aliphatic rings. The molecule has 4 bridgehead atoms. The first kappa shape index (κ1) is 15.6. The van der Waals surface area contributed by atoms with Gasteiger partial charge in [-0.15, -0.1) is 10.2 Å². The summed E-state index contributed by atoms with van der Waals surface area (Å²) in [6.07, 6.45) is 8.81. The van der Waals surface area contributed by atoms with Crippen molar-refractivity contribution in [3.8, 4) is 0 Å². The summed E-state index contributed by atoms with van der Waals surface area (Å²) in [5.41, 5.74) is 0.284. The van der Waals surface area contributed by atoms with E-state index in [4.69, 9.17) is 0 Å². The third-order valence-electron chi connectivity index (χ3n) is 6.15. The van der Waals surface area contributed by atoms with Crippen molar-refractivity contribution in [2.75, 3.05) is 11.9 Å². The van der Waals surface area contributed by atoms with Gasteiger partial charge in [0.2, 0.25) is 11.0 Å². The van der Waals surface area contributed by atoms with Crippen molar-refractivity contribution in [3.63, 3.8) is 0 Å². The van der Waals surface area contributed by atoms with Gasteiger partial charge < -0.3 is 0 Å². The fourth-order valence-corrected chi connectivity index (χ4v) is 6.57. The topological polar surface area (TPSA) is 46.1 Å². The summed E-state index contributed by atoms with van der Waals surface area (Å²) >= 11 is 1.67. The van der Waals surface area contributed by atoms with Crippen LogP contribution in [0.2, 0.25) is 0 Å². The molecule has 0 saturated heterocycles. The predicted octanol–water partition coefficient (Wildman–Crippen LogP) is 4.01. The molecule has 0 N–H and O–H groups in total. The lowest BCUT2D eigenvalue weighted by Crippen LogP contribution is -2.48. The van der Waals surface area contributed by atoms with Crippen molar-refractivity contribution in [2.24, 2.45) is 23.7 Å². The minimum absolute atomic E-state index is 0.146. The minimum atomic E-state index is 0.146. The second-order valence-electron chi connectivity index (χ2n) is 8.64. The van der Waals surface area contributed by atoms with Crippen molar-refractivity contribution < 1.29 is 4.79 Å². The summed E-state index contributed by atoms with van der Waals surface area (Å²) in [6, 6.07) is 0. The third kappa shape index (κ3) is 2.71. The maximum Gasteiger partial charge on any atom is 0.228 e. The summed E-state index contributed by atoms with van der Waals surface area (Å²) in [4.78, 5) is 14.0. The van der Waals surface area contributed by atoms with Crippen LogP contribution in [0.15, 0.2) is 0 Å². The molecular formula is C18H27N3OS. The lowest BCUT2D eigenvalue weighted by Gasteiger charge is -2.55. The maximum absolute atomic E-state index is 12.3. The highest BCUT2D eigenvalue weighted by Crippen LogP contribution is 2.61. The molecule has 1 heterocycles. The van der Waals surface area contributed by atoms with E-state index in [0.717, 1.165) is 22.9 Å². The SMILES string of the molecule is CC(C)CC(=O)N(C)c1nnc(C23CC4CC(CC(C4)C2)C3)s1. The van der Waals surface area contributed by atoms with Gasteiger partial charge in [0.1, 0.15) is 5.01 Å². The van der Waals surface area contributed by atoms with Gasteiger partial charge in [0.05, 0.1) is 0 Å². The number of rotatable bonds is 4. The largest absolute Gasteiger partial charge is 0.290 e. The highest BCUT2D eigenvalue weighted by Gasteiger charge is 2.53. The number of nitrogens with zero attached hydrogens (tertiary/aromatic N) is 3. The molecule has 0 aromatic carbocycles. The predicted molar refractivity (Wildman–Crippen MR) is 92.6 cm³/mol. The molecule has 1 aromatic rings. The molecule has 0 spiro atoms. The van der Waals surface area contributed by atoms with E-state index in [2.05, 4.69) is 24.0 Å². The first-order valence-electron chi connectivity index (χ1n) is 9.06. The zero-order valence-corrected chi connectivity index (χ0v) is 15.2. The Bertz CT molecular complexity index is 574. The third-order valence-corrected chi connectivity index (χ3v) is 7.40. The lowest BCUT2D eigenvalue weighted by atomic mass is 9.50. The van der Waals surface area contributed by atoms with Crippen LogP contribution in [0, 0.1) is 23.7 Å². The average molecular weight is 334 g/mol. The van der Waals surface area contributed by atoms with Crippen LogP contribution in [0.25, 0.3) is 0 Å². The smallest absolute Gasteiger partial charge is 0.228 e. The van der Waals surface area contributed by atoms with Crippen LogP contribution >= 0.6 is 11.3 Å². The molecule has 1 amide bonds. The van der Waals surface area contributed by atoms with Gasteiger partial charge in [0.15, 0.2) is 0 Å². The molecule has 5 rings (SSSR count). The van der Waals surface area contributed by atoms with E-state index in [1.807, 2.05) is 7.05 Å². The number of hydrogen-bond donors (Lipinski definition) is 0. The quantitative estimate of drug-likeness (QED) is 0.836. The first-order chi connectivity index (χ1) is 10.9. The molecule has 23 heavy (non-hydrogen) atoms. The second kappa shape index (κ2) is 5.54. The van der Waals surface area contributed by atoms with Gasteiger partial charge in [0, 0.05) is 18.9 Å². The Morgan fingerprint density at radius 2 is 1.74 bits per heavy atom. The van der Waals surface area contributed by atoms with Gasteiger partial charge in [-0.1, -0.05) is 25.2 Å². The van der Waals surface area contributed by atoms with Crippen LogP contribution in [0.4, 0.5) is 5.13 Å². The molecule has 1 aromatic heterocycles. The molecule has 0 aliphatic heterocycles. The Morgan fingerprint density at radius 1 is 1.17 bits per heavy atom. The number of carbonyl (C=O) groups is 1. The Morgan fingerprint density at radius 3 is 2.26 bits per heavy atom. The van der Waals surface area contributed by atoms with E-state index >= 15 is 0 Å². The molecule has 4 aliphatic carbocycles. The van der Waals surface area contributed by atoms with Crippen LogP contribution in [-0.4, -0.2) is 23.2 Å². The van der Waals surface area contributed by atoms with Gasteiger partial charge in [-0.05, 0) is 62.2 Å². The molecule has 0 unspecified atom stereocenters. The van der Waals surface area contributed by atoms with E-state index in [1.165, 1.54) is 43.5 Å². The Balaban J connectivity index is 1.55. The summed E-state index contributed by atoms with van der Waals surface area (Å²) in [5.74, 6) is 3.26. The summed E-state index contributed by atoms with van der Waals surface area (Å²) in [6.45, 7) is 4.15. The molecule has 4 fully saturated rings. The Hall–Kier alpha value is -0.970. The second-order valence-corrected chi connectivity index (χ2v) is 9.59. The molecule has 0 atom stereocenters. The van der Waals surface area contributed by atoms with Gasteiger partial charge in [-0.3, -0.25) is 9.69 Å². The van der Waals surface area contributed by atoms with Gasteiger partial charge >= 0.3 is 0 Å². The van der Waals surface area contributed by atoms with E-state index in [1.54, 1.807) is 16.2 Å². The van der Waals surface area contributed by atoms with Gasteiger partial charge in [-0.2, -0.15) is 0 Å². The van der Waals surface area contributed by atoms with Crippen molar-refractivity contribution in [2.45, 2.75) is 64.2 Å². The van der Waals surface area contributed by atoms with Gasteiger partial charge in [-0.25, -0.2) is 0 Å². The average Bonchev–Trinajstić information content (AvgIpc) is 2.94. The fraction of sp³-hybridized carbons (Fsp3) is 0.833. The molecular weight excluding hydrogens is 306 g/mol. The number of anilines is 1. The van der Waals surface area contributed by atoms with Crippen molar-refractivity contribution in [1.29, 1.82) is 0 Å². The monoisotopic (exact) mass is 333 g/mol. The Kier molecular flexibility index (Phi) is 3.74. The van der Waals surface area contributed by atoms with E-state index in [-0.39, 0.29) is 11.3 Å². The summed E-state index contributed by atoms with van der Waals surface area (Å²) in [7, 11) is 1.84. The fourth-order valence-electron chi connectivity index (χ4n) is 5.53. The Labute approximate surface area is 142 Å². The number of carbonyl (C=O) groups excluding carboxylic acids is 1.